The van der Waals surface area contributed by atoms with Crippen molar-refractivity contribution in [3.8, 4) is 11.1 Å². The van der Waals surface area contributed by atoms with Gasteiger partial charge in [-0.15, -0.1) is 6.58 Å². The van der Waals surface area contributed by atoms with Gasteiger partial charge in [-0.05, 0) is 35.2 Å². The van der Waals surface area contributed by atoms with Crippen molar-refractivity contribution in [2.45, 2.75) is 31.4 Å². The smallest absolute Gasteiger partial charge is 0.411 e. The van der Waals surface area contributed by atoms with Crippen molar-refractivity contribution >= 4 is 6.09 Å². The van der Waals surface area contributed by atoms with Gasteiger partial charge in [0.25, 0.3) is 0 Å². The van der Waals surface area contributed by atoms with Crippen molar-refractivity contribution in [1.29, 1.82) is 0 Å². The lowest BCUT2D eigenvalue weighted by Gasteiger charge is -2.43. The normalized spacial score (nSPS) is 19.3. The molecule has 0 saturated carbocycles. The minimum Gasteiger partial charge on any atom is -0.437 e. The Morgan fingerprint density at radius 1 is 1.03 bits per heavy atom. The van der Waals surface area contributed by atoms with Crippen LogP contribution in [0.25, 0.3) is 11.1 Å². The van der Waals surface area contributed by atoms with E-state index in [0.717, 1.165) is 22.3 Å². The predicted molar refractivity (Wildman–Crippen MR) is 126 cm³/mol. The van der Waals surface area contributed by atoms with Gasteiger partial charge in [-0.3, -0.25) is 4.79 Å². The molecule has 0 spiro atoms. The molecule has 1 saturated heterocycles. The molecule has 0 bridgehead atoms. The van der Waals surface area contributed by atoms with Gasteiger partial charge in [0.2, 0.25) is 5.56 Å². The third-order valence-electron chi connectivity index (χ3n) is 6.33. The number of pyridine rings is 1. The quantitative estimate of drug-likeness (QED) is 0.492. The van der Waals surface area contributed by atoms with Gasteiger partial charge in [-0.25, -0.2) is 4.79 Å². The van der Waals surface area contributed by atoms with E-state index in [2.05, 4.69) is 6.58 Å². The van der Waals surface area contributed by atoms with Gasteiger partial charge in [-0.1, -0.05) is 60.7 Å². The van der Waals surface area contributed by atoms with Crippen molar-refractivity contribution < 1.29 is 9.53 Å². The molecule has 0 radical (unpaired) electrons. The summed E-state index contributed by atoms with van der Waals surface area (Å²) in [5, 5.41) is 0. The van der Waals surface area contributed by atoms with E-state index in [1.807, 2.05) is 79.9 Å². The summed E-state index contributed by atoms with van der Waals surface area (Å²) in [6.07, 6.45) is 4.62. The van der Waals surface area contributed by atoms with Crippen molar-refractivity contribution in [2.24, 2.45) is 7.05 Å². The summed E-state index contributed by atoms with van der Waals surface area (Å²) in [6.45, 7) is 6.49. The lowest BCUT2D eigenvalue weighted by atomic mass is 9.85. The Balaban J connectivity index is 1.52. The molecule has 5 nitrogen and oxygen atoms in total. The van der Waals surface area contributed by atoms with Crippen LogP contribution in [0.15, 0.2) is 90.4 Å². The van der Waals surface area contributed by atoms with E-state index in [4.69, 9.17) is 4.74 Å². The van der Waals surface area contributed by atoms with Gasteiger partial charge in [0, 0.05) is 38.7 Å². The second-order valence-electron chi connectivity index (χ2n) is 8.33. The first-order valence-corrected chi connectivity index (χ1v) is 10.9. The molecule has 3 aromatic rings. The Labute approximate surface area is 188 Å². The van der Waals surface area contributed by atoms with Crippen LogP contribution in [0.3, 0.4) is 0 Å². The first kappa shape index (κ1) is 21.6. The monoisotopic (exact) mass is 428 g/mol. The van der Waals surface area contributed by atoms with E-state index in [0.29, 0.717) is 19.4 Å². The molecule has 0 aliphatic carbocycles. The Hall–Kier alpha value is -3.60. The average Bonchev–Trinajstić information content (AvgIpc) is 2.81. The van der Waals surface area contributed by atoms with Gasteiger partial charge < -0.3 is 14.2 Å². The number of carbonyl (C=O) groups is 1. The number of aryl methyl sites for hydroxylation is 1. The van der Waals surface area contributed by atoms with Gasteiger partial charge in [-0.2, -0.15) is 0 Å². The first-order valence-electron chi connectivity index (χ1n) is 10.9. The number of carbonyl (C=O) groups excluding carboxylic acids is 1. The number of ether oxygens (including phenoxy) is 1. The molecule has 1 fully saturated rings. The van der Waals surface area contributed by atoms with E-state index in [1.165, 1.54) is 0 Å². The molecule has 1 aromatic heterocycles. The number of rotatable bonds is 6. The number of hydrogen-bond donors (Lipinski definition) is 0. The molecule has 5 heteroatoms. The summed E-state index contributed by atoms with van der Waals surface area (Å²) in [6, 6.07) is 21.3. The number of aromatic nitrogens is 1. The highest BCUT2D eigenvalue weighted by molar-refractivity contribution is 5.70. The van der Waals surface area contributed by atoms with Crippen molar-refractivity contribution in [2.75, 3.05) is 6.54 Å². The van der Waals surface area contributed by atoms with Gasteiger partial charge in [0.1, 0.15) is 5.60 Å². The molecule has 2 heterocycles. The zero-order valence-electron chi connectivity index (χ0n) is 18.5. The molecule has 1 amide bonds. The summed E-state index contributed by atoms with van der Waals surface area (Å²) in [7, 11) is 1.74. The van der Waals surface area contributed by atoms with E-state index in [1.54, 1.807) is 22.6 Å². The summed E-state index contributed by atoms with van der Waals surface area (Å²) in [5.74, 6) is 0. The van der Waals surface area contributed by atoms with Crippen LogP contribution in [0.5, 0.6) is 0 Å². The SMILES string of the molecule is C=CCC1(c2ccccc2)CCN(C(C)c2ccc(-c3ccc(=O)n(C)c3)cc2)C(=O)O1. The molecule has 1 aliphatic heterocycles. The Morgan fingerprint density at radius 3 is 2.34 bits per heavy atom. The van der Waals surface area contributed by atoms with Crippen molar-refractivity contribution in [1.82, 2.24) is 9.47 Å². The second kappa shape index (κ2) is 8.87. The van der Waals surface area contributed by atoms with Crippen molar-refractivity contribution in [3.05, 3.63) is 107 Å². The molecule has 2 atom stereocenters. The number of cyclic esters (lactones) is 1. The number of nitrogens with zero attached hydrogens (tertiary/aromatic N) is 2. The molecule has 32 heavy (non-hydrogen) atoms. The lowest BCUT2D eigenvalue weighted by Crippen LogP contribution is -2.48. The van der Waals surface area contributed by atoms with Crippen LogP contribution in [-0.4, -0.2) is 22.1 Å². The molecule has 1 aliphatic rings. The highest BCUT2D eigenvalue weighted by Crippen LogP contribution is 2.39. The second-order valence-corrected chi connectivity index (χ2v) is 8.33. The molecule has 2 unspecified atom stereocenters. The fraction of sp³-hybridized carbons (Fsp3) is 0.259. The molecule has 164 valence electrons. The van der Waals surface area contributed by atoms with Crippen LogP contribution in [0, 0.1) is 0 Å². The highest BCUT2D eigenvalue weighted by Gasteiger charge is 2.42. The Kier molecular flexibility index (Phi) is 5.99. The molecular weight excluding hydrogens is 400 g/mol. The van der Waals surface area contributed by atoms with Gasteiger partial charge in [0.15, 0.2) is 0 Å². The molecule has 4 rings (SSSR count). The Morgan fingerprint density at radius 2 is 1.72 bits per heavy atom. The molecule has 0 N–H and O–H groups in total. The van der Waals surface area contributed by atoms with Crippen molar-refractivity contribution in [3.63, 3.8) is 0 Å². The standard InChI is InChI=1S/C27H28N2O3/c1-4-16-27(24-8-6-5-7-9-24)17-18-29(26(31)32-27)20(2)21-10-12-22(13-11-21)23-14-15-25(30)28(3)19-23/h4-15,19-20H,1,16-18H2,2-3H3. The van der Waals surface area contributed by atoms with Gasteiger partial charge >= 0.3 is 6.09 Å². The molecule has 2 aromatic carbocycles. The fourth-order valence-electron chi connectivity index (χ4n) is 4.36. The van der Waals surface area contributed by atoms with Crippen LogP contribution in [0.4, 0.5) is 4.79 Å². The maximum atomic E-state index is 13.1. The van der Waals surface area contributed by atoms with E-state index in [-0.39, 0.29) is 17.7 Å². The van der Waals surface area contributed by atoms with E-state index in [9.17, 15) is 9.59 Å². The third kappa shape index (κ3) is 4.11. The summed E-state index contributed by atoms with van der Waals surface area (Å²) < 4.78 is 7.62. The van der Waals surface area contributed by atoms with E-state index < -0.39 is 5.60 Å². The maximum Gasteiger partial charge on any atom is 0.411 e. The summed E-state index contributed by atoms with van der Waals surface area (Å²) >= 11 is 0. The number of benzene rings is 2. The third-order valence-corrected chi connectivity index (χ3v) is 6.33. The zero-order valence-corrected chi connectivity index (χ0v) is 18.5. The Bertz CT molecular complexity index is 1170. The maximum absolute atomic E-state index is 13.1. The van der Waals surface area contributed by atoms with Crippen LogP contribution >= 0.6 is 0 Å². The van der Waals surface area contributed by atoms with Crippen LogP contribution < -0.4 is 5.56 Å². The lowest BCUT2D eigenvalue weighted by molar-refractivity contribution is -0.0588. The topological polar surface area (TPSA) is 51.5 Å². The molecular formula is C27H28N2O3. The van der Waals surface area contributed by atoms with Gasteiger partial charge in [0.05, 0.1) is 6.04 Å². The highest BCUT2D eigenvalue weighted by atomic mass is 16.6. The number of hydrogen-bond acceptors (Lipinski definition) is 3. The summed E-state index contributed by atoms with van der Waals surface area (Å²) in [4.78, 5) is 26.5. The first-order chi connectivity index (χ1) is 15.4. The zero-order chi connectivity index (χ0) is 22.7. The minimum atomic E-state index is -0.663. The van der Waals surface area contributed by atoms with Crippen LogP contribution in [-0.2, 0) is 17.4 Å². The number of amides is 1. The van der Waals surface area contributed by atoms with Crippen LogP contribution in [0.2, 0.25) is 0 Å². The van der Waals surface area contributed by atoms with Crippen LogP contribution in [0.1, 0.15) is 36.9 Å². The largest absolute Gasteiger partial charge is 0.437 e. The predicted octanol–water partition coefficient (Wildman–Crippen LogP) is 5.43. The summed E-state index contributed by atoms with van der Waals surface area (Å²) in [5.41, 5.74) is 3.33. The van der Waals surface area contributed by atoms with E-state index >= 15 is 0 Å². The minimum absolute atomic E-state index is 0.0364. The fourth-order valence-corrected chi connectivity index (χ4v) is 4.36. The average molecular weight is 429 g/mol.